The minimum Gasteiger partial charge on any atom is -0.366 e. The standard InChI is InChI=1S/C13H9F2NO/c14-10-6-8(5-9(7-10)13(16)17)11-3-1-2-4-12(11)15/h1-7H,(H2,16,17). The molecule has 2 N–H and O–H groups in total. The fourth-order valence-electron chi connectivity index (χ4n) is 1.58. The third-order valence-corrected chi connectivity index (χ3v) is 2.37. The zero-order valence-electron chi connectivity index (χ0n) is 8.78. The first-order valence-electron chi connectivity index (χ1n) is 4.93. The topological polar surface area (TPSA) is 43.1 Å². The smallest absolute Gasteiger partial charge is 0.248 e. The van der Waals surface area contributed by atoms with E-state index in [-0.39, 0.29) is 16.7 Å². The molecule has 0 unspecified atom stereocenters. The molecule has 4 heteroatoms. The van der Waals surface area contributed by atoms with E-state index >= 15 is 0 Å². The summed E-state index contributed by atoms with van der Waals surface area (Å²) in [6, 6.07) is 9.49. The minimum absolute atomic E-state index is 0.0169. The molecule has 0 atom stereocenters. The van der Waals surface area contributed by atoms with Gasteiger partial charge in [0.15, 0.2) is 0 Å². The van der Waals surface area contributed by atoms with Gasteiger partial charge in [-0.1, -0.05) is 18.2 Å². The summed E-state index contributed by atoms with van der Waals surface area (Å²) in [5.41, 5.74) is 5.61. The fraction of sp³-hybridized carbons (Fsp3) is 0. The maximum atomic E-state index is 13.5. The number of benzene rings is 2. The summed E-state index contributed by atoms with van der Waals surface area (Å²) in [7, 11) is 0. The van der Waals surface area contributed by atoms with Crippen LogP contribution in [0.4, 0.5) is 8.78 Å². The Morgan fingerprint density at radius 3 is 2.41 bits per heavy atom. The molecule has 0 heterocycles. The Balaban J connectivity index is 2.60. The summed E-state index contributed by atoms with van der Waals surface area (Å²) >= 11 is 0. The molecule has 0 bridgehead atoms. The molecule has 0 spiro atoms. The van der Waals surface area contributed by atoms with Crippen molar-refractivity contribution in [1.29, 1.82) is 0 Å². The van der Waals surface area contributed by atoms with Crippen LogP contribution in [-0.4, -0.2) is 5.91 Å². The molecule has 86 valence electrons. The van der Waals surface area contributed by atoms with Gasteiger partial charge in [-0.25, -0.2) is 8.78 Å². The van der Waals surface area contributed by atoms with Crippen LogP contribution >= 0.6 is 0 Å². The highest BCUT2D eigenvalue weighted by Gasteiger charge is 2.09. The SMILES string of the molecule is NC(=O)c1cc(F)cc(-c2ccccc2F)c1. The normalized spacial score (nSPS) is 10.2. The van der Waals surface area contributed by atoms with Crippen molar-refractivity contribution in [3.05, 3.63) is 59.7 Å². The van der Waals surface area contributed by atoms with Crippen LogP contribution in [0, 0.1) is 11.6 Å². The van der Waals surface area contributed by atoms with E-state index < -0.39 is 17.5 Å². The molecule has 0 radical (unpaired) electrons. The average molecular weight is 233 g/mol. The number of carbonyl (C=O) groups is 1. The van der Waals surface area contributed by atoms with E-state index in [2.05, 4.69) is 0 Å². The van der Waals surface area contributed by atoms with Gasteiger partial charge < -0.3 is 5.73 Å². The lowest BCUT2D eigenvalue weighted by molar-refractivity contribution is 0.1000. The van der Waals surface area contributed by atoms with Gasteiger partial charge in [0.1, 0.15) is 11.6 Å². The predicted octanol–water partition coefficient (Wildman–Crippen LogP) is 2.73. The number of hydrogen-bond donors (Lipinski definition) is 1. The first kappa shape index (κ1) is 11.3. The molecule has 0 fully saturated rings. The van der Waals surface area contributed by atoms with Crippen LogP contribution in [0.5, 0.6) is 0 Å². The number of primary amides is 1. The number of hydrogen-bond acceptors (Lipinski definition) is 1. The molecule has 0 saturated carbocycles. The van der Waals surface area contributed by atoms with E-state index in [1.165, 1.54) is 24.3 Å². The Morgan fingerprint density at radius 2 is 1.76 bits per heavy atom. The van der Waals surface area contributed by atoms with Crippen LogP contribution in [0.2, 0.25) is 0 Å². The third-order valence-electron chi connectivity index (χ3n) is 2.37. The summed E-state index contributed by atoms with van der Waals surface area (Å²) in [4.78, 5) is 11.0. The Morgan fingerprint density at radius 1 is 1.06 bits per heavy atom. The van der Waals surface area contributed by atoms with Crippen molar-refractivity contribution in [1.82, 2.24) is 0 Å². The molecule has 2 aromatic rings. The Hall–Kier alpha value is -2.23. The van der Waals surface area contributed by atoms with Gasteiger partial charge in [-0.05, 0) is 29.8 Å². The lowest BCUT2D eigenvalue weighted by atomic mass is 10.0. The molecule has 0 aromatic heterocycles. The summed E-state index contributed by atoms with van der Waals surface area (Å²) in [6.45, 7) is 0. The zero-order valence-corrected chi connectivity index (χ0v) is 8.78. The molecule has 2 rings (SSSR count). The van der Waals surface area contributed by atoms with Crippen LogP contribution < -0.4 is 5.73 Å². The molecular weight excluding hydrogens is 224 g/mol. The van der Waals surface area contributed by atoms with E-state index in [0.717, 1.165) is 12.1 Å². The van der Waals surface area contributed by atoms with Crippen LogP contribution in [-0.2, 0) is 0 Å². The van der Waals surface area contributed by atoms with Gasteiger partial charge in [0.25, 0.3) is 0 Å². The molecule has 2 nitrogen and oxygen atoms in total. The van der Waals surface area contributed by atoms with Crippen molar-refractivity contribution in [2.75, 3.05) is 0 Å². The molecular formula is C13H9F2NO. The first-order valence-corrected chi connectivity index (χ1v) is 4.93. The second-order valence-electron chi connectivity index (χ2n) is 3.57. The quantitative estimate of drug-likeness (QED) is 0.851. The predicted molar refractivity (Wildman–Crippen MR) is 60.3 cm³/mol. The number of halogens is 2. The first-order chi connectivity index (χ1) is 8.08. The zero-order chi connectivity index (χ0) is 12.4. The summed E-state index contributed by atoms with van der Waals surface area (Å²) < 4.78 is 26.8. The van der Waals surface area contributed by atoms with Crippen molar-refractivity contribution in [3.63, 3.8) is 0 Å². The molecule has 2 aromatic carbocycles. The molecule has 0 aliphatic heterocycles. The van der Waals surface area contributed by atoms with Crippen LogP contribution in [0.1, 0.15) is 10.4 Å². The minimum atomic E-state index is -0.748. The van der Waals surface area contributed by atoms with E-state index in [1.807, 2.05) is 0 Å². The second kappa shape index (κ2) is 4.33. The molecule has 0 saturated heterocycles. The summed E-state index contributed by atoms with van der Waals surface area (Å²) in [5.74, 6) is -1.85. The Bertz CT molecular complexity index is 581. The van der Waals surface area contributed by atoms with Crippen molar-refractivity contribution in [2.45, 2.75) is 0 Å². The van der Waals surface area contributed by atoms with Gasteiger partial charge in [0, 0.05) is 11.1 Å². The molecule has 0 aliphatic carbocycles. The van der Waals surface area contributed by atoms with E-state index in [1.54, 1.807) is 6.07 Å². The number of nitrogens with two attached hydrogens (primary N) is 1. The van der Waals surface area contributed by atoms with Gasteiger partial charge in [-0.2, -0.15) is 0 Å². The van der Waals surface area contributed by atoms with Gasteiger partial charge in [0.05, 0.1) is 0 Å². The second-order valence-corrected chi connectivity index (χ2v) is 3.57. The largest absolute Gasteiger partial charge is 0.366 e. The maximum Gasteiger partial charge on any atom is 0.248 e. The molecule has 1 amide bonds. The van der Waals surface area contributed by atoms with Crippen LogP contribution in [0.15, 0.2) is 42.5 Å². The summed E-state index contributed by atoms with van der Waals surface area (Å²) in [5, 5.41) is 0. The van der Waals surface area contributed by atoms with Gasteiger partial charge >= 0.3 is 0 Å². The van der Waals surface area contributed by atoms with Gasteiger partial charge in [-0.15, -0.1) is 0 Å². The monoisotopic (exact) mass is 233 g/mol. The van der Waals surface area contributed by atoms with E-state index in [0.29, 0.717) is 0 Å². The highest BCUT2D eigenvalue weighted by atomic mass is 19.1. The van der Waals surface area contributed by atoms with Gasteiger partial charge in [0.2, 0.25) is 5.91 Å². The molecule has 0 aliphatic rings. The summed E-state index contributed by atoms with van der Waals surface area (Å²) in [6.07, 6.45) is 0. The Kier molecular flexibility index (Phi) is 2.87. The van der Waals surface area contributed by atoms with Crippen LogP contribution in [0.25, 0.3) is 11.1 Å². The lowest BCUT2D eigenvalue weighted by Crippen LogP contribution is -2.11. The fourth-order valence-corrected chi connectivity index (χ4v) is 1.58. The number of amides is 1. The lowest BCUT2D eigenvalue weighted by Gasteiger charge is -2.05. The van der Waals surface area contributed by atoms with Crippen molar-refractivity contribution < 1.29 is 13.6 Å². The van der Waals surface area contributed by atoms with E-state index in [4.69, 9.17) is 5.73 Å². The maximum absolute atomic E-state index is 13.5. The Labute approximate surface area is 96.7 Å². The third kappa shape index (κ3) is 2.30. The van der Waals surface area contributed by atoms with E-state index in [9.17, 15) is 13.6 Å². The van der Waals surface area contributed by atoms with Crippen molar-refractivity contribution in [2.24, 2.45) is 5.73 Å². The van der Waals surface area contributed by atoms with Crippen molar-refractivity contribution in [3.8, 4) is 11.1 Å². The number of rotatable bonds is 2. The average Bonchev–Trinajstić information content (AvgIpc) is 2.28. The van der Waals surface area contributed by atoms with Crippen molar-refractivity contribution >= 4 is 5.91 Å². The van der Waals surface area contributed by atoms with Gasteiger partial charge in [-0.3, -0.25) is 4.79 Å². The van der Waals surface area contributed by atoms with Crippen LogP contribution in [0.3, 0.4) is 0 Å². The molecule has 17 heavy (non-hydrogen) atoms. The number of carbonyl (C=O) groups excluding carboxylic acids is 1. The highest BCUT2D eigenvalue weighted by molar-refractivity contribution is 5.94. The highest BCUT2D eigenvalue weighted by Crippen LogP contribution is 2.24.